The Balaban J connectivity index is 2.05. The molecule has 1 aromatic rings. The van der Waals surface area contributed by atoms with Crippen LogP contribution in [0.1, 0.15) is 43.4 Å². The summed E-state index contributed by atoms with van der Waals surface area (Å²) in [6, 6.07) is 6.63. The fourth-order valence-electron chi connectivity index (χ4n) is 3.06. The molecular formula is C21H28N2O. The maximum atomic E-state index is 12.2. The topological polar surface area (TPSA) is 41.1 Å². The van der Waals surface area contributed by atoms with Crippen molar-refractivity contribution in [2.45, 2.75) is 40.0 Å². The molecule has 0 spiro atoms. The number of amides is 1. The highest BCUT2D eigenvalue weighted by atomic mass is 16.1. The number of allylic oxidation sites excluding steroid dienone is 3. The van der Waals surface area contributed by atoms with E-state index in [1.807, 2.05) is 6.08 Å². The molecule has 2 rings (SSSR count). The third-order valence-corrected chi connectivity index (χ3v) is 4.27. The van der Waals surface area contributed by atoms with Gasteiger partial charge >= 0.3 is 0 Å². The molecule has 3 heteroatoms. The van der Waals surface area contributed by atoms with Crippen LogP contribution in [0.5, 0.6) is 0 Å². The van der Waals surface area contributed by atoms with Crippen LogP contribution < -0.4 is 10.6 Å². The molecule has 1 aliphatic heterocycles. The number of aryl methyl sites for hydroxylation is 2. The maximum absolute atomic E-state index is 12.2. The maximum Gasteiger partial charge on any atom is 0.229 e. The molecule has 1 fully saturated rings. The van der Waals surface area contributed by atoms with Gasteiger partial charge in [0.05, 0.1) is 5.92 Å². The number of rotatable bonds is 6. The van der Waals surface area contributed by atoms with Crippen molar-refractivity contribution in [3.05, 3.63) is 65.5 Å². The zero-order valence-electron chi connectivity index (χ0n) is 15.0. The van der Waals surface area contributed by atoms with Gasteiger partial charge in [-0.1, -0.05) is 50.3 Å². The molecule has 1 atom stereocenters. The van der Waals surface area contributed by atoms with Crippen LogP contribution in [0.25, 0.3) is 5.57 Å². The summed E-state index contributed by atoms with van der Waals surface area (Å²) in [7, 11) is 0. The van der Waals surface area contributed by atoms with Gasteiger partial charge in [-0.15, -0.1) is 0 Å². The molecule has 1 aliphatic rings. The van der Waals surface area contributed by atoms with Gasteiger partial charge in [-0.05, 0) is 49.5 Å². The molecule has 0 aliphatic carbocycles. The SMILES string of the molecule is C=C(/C=C(\C)c1cc(C)cc(CCC)c1)NC(=O)C1CNC(=C)C1. The van der Waals surface area contributed by atoms with Crippen LogP contribution in [0.15, 0.2) is 48.8 Å². The molecule has 1 saturated heterocycles. The van der Waals surface area contributed by atoms with Crippen molar-refractivity contribution < 1.29 is 4.79 Å². The fourth-order valence-corrected chi connectivity index (χ4v) is 3.06. The molecule has 3 nitrogen and oxygen atoms in total. The second-order valence-electron chi connectivity index (χ2n) is 6.68. The van der Waals surface area contributed by atoms with E-state index in [1.54, 1.807) is 0 Å². The second-order valence-corrected chi connectivity index (χ2v) is 6.68. The fraction of sp³-hybridized carbons (Fsp3) is 0.381. The summed E-state index contributed by atoms with van der Waals surface area (Å²) in [5, 5.41) is 6.02. The quantitative estimate of drug-likeness (QED) is 0.773. The Labute approximate surface area is 145 Å². The number of hydrogen-bond acceptors (Lipinski definition) is 2. The largest absolute Gasteiger partial charge is 0.388 e. The van der Waals surface area contributed by atoms with Crippen LogP contribution in [0, 0.1) is 12.8 Å². The van der Waals surface area contributed by atoms with Crippen LogP contribution in [0.2, 0.25) is 0 Å². The van der Waals surface area contributed by atoms with E-state index in [0.29, 0.717) is 18.7 Å². The number of nitrogens with one attached hydrogen (secondary N) is 2. The van der Waals surface area contributed by atoms with Gasteiger partial charge in [-0.3, -0.25) is 4.79 Å². The Morgan fingerprint density at radius 3 is 2.79 bits per heavy atom. The first-order valence-corrected chi connectivity index (χ1v) is 8.59. The van der Waals surface area contributed by atoms with E-state index in [4.69, 9.17) is 0 Å². The highest BCUT2D eigenvalue weighted by Gasteiger charge is 2.24. The van der Waals surface area contributed by atoms with Gasteiger partial charge in [0.25, 0.3) is 0 Å². The minimum absolute atomic E-state index is 0.00566. The lowest BCUT2D eigenvalue weighted by atomic mass is 9.98. The van der Waals surface area contributed by atoms with Gasteiger partial charge in [-0.25, -0.2) is 0 Å². The molecule has 1 aromatic carbocycles. The molecular weight excluding hydrogens is 296 g/mol. The Kier molecular flexibility index (Phi) is 6.02. The molecule has 1 amide bonds. The number of carbonyl (C=O) groups excluding carboxylic acids is 1. The zero-order valence-corrected chi connectivity index (χ0v) is 15.0. The van der Waals surface area contributed by atoms with Crippen LogP contribution in [0.4, 0.5) is 0 Å². The van der Waals surface area contributed by atoms with E-state index in [9.17, 15) is 4.79 Å². The molecule has 1 unspecified atom stereocenters. The van der Waals surface area contributed by atoms with E-state index < -0.39 is 0 Å². The van der Waals surface area contributed by atoms with Crippen LogP contribution in [-0.2, 0) is 11.2 Å². The Bertz CT molecular complexity index is 685. The Hall–Kier alpha value is -2.29. The van der Waals surface area contributed by atoms with Crippen molar-refractivity contribution in [3.8, 4) is 0 Å². The van der Waals surface area contributed by atoms with Gasteiger partial charge in [0, 0.05) is 17.9 Å². The van der Waals surface area contributed by atoms with Crippen LogP contribution in [0.3, 0.4) is 0 Å². The first kappa shape index (κ1) is 18.1. The molecule has 0 radical (unpaired) electrons. The van der Waals surface area contributed by atoms with Gasteiger partial charge in [0.15, 0.2) is 0 Å². The summed E-state index contributed by atoms with van der Waals surface area (Å²) in [4.78, 5) is 12.2. The summed E-state index contributed by atoms with van der Waals surface area (Å²) in [6.07, 6.45) is 4.85. The summed E-state index contributed by atoms with van der Waals surface area (Å²) in [5.41, 5.74) is 6.46. The molecule has 2 N–H and O–H groups in total. The summed E-state index contributed by atoms with van der Waals surface area (Å²) in [6.45, 7) is 14.9. The summed E-state index contributed by atoms with van der Waals surface area (Å²) in [5.74, 6) is -0.0517. The van der Waals surface area contributed by atoms with Gasteiger partial charge in [0.1, 0.15) is 0 Å². The number of benzene rings is 1. The molecule has 24 heavy (non-hydrogen) atoms. The first-order valence-electron chi connectivity index (χ1n) is 8.59. The van der Waals surface area contributed by atoms with E-state index in [0.717, 1.165) is 24.1 Å². The van der Waals surface area contributed by atoms with Crippen molar-refractivity contribution in [2.24, 2.45) is 5.92 Å². The number of hydrogen-bond donors (Lipinski definition) is 2. The van der Waals surface area contributed by atoms with E-state index >= 15 is 0 Å². The van der Waals surface area contributed by atoms with Crippen LogP contribution >= 0.6 is 0 Å². The predicted octanol–water partition coefficient (Wildman–Crippen LogP) is 4.10. The molecule has 0 saturated carbocycles. The lowest BCUT2D eigenvalue weighted by molar-refractivity contribution is -0.123. The minimum atomic E-state index is -0.0573. The average Bonchev–Trinajstić information content (AvgIpc) is 2.93. The van der Waals surface area contributed by atoms with Crippen LogP contribution in [-0.4, -0.2) is 12.5 Å². The lowest BCUT2D eigenvalue weighted by Gasteiger charge is -2.11. The van der Waals surface area contributed by atoms with Crippen molar-refractivity contribution in [1.82, 2.24) is 10.6 Å². The summed E-state index contributed by atoms with van der Waals surface area (Å²) < 4.78 is 0. The predicted molar refractivity (Wildman–Crippen MR) is 101 cm³/mol. The Morgan fingerprint density at radius 1 is 1.42 bits per heavy atom. The lowest BCUT2D eigenvalue weighted by Crippen LogP contribution is -2.30. The monoisotopic (exact) mass is 324 g/mol. The average molecular weight is 324 g/mol. The van der Waals surface area contributed by atoms with Gasteiger partial charge < -0.3 is 10.6 Å². The van der Waals surface area contributed by atoms with Crippen molar-refractivity contribution >= 4 is 11.5 Å². The highest BCUT2D eigenvalue weighted by molar-refractivity contribution is 5.82. The standard InChI is InChI=1S/C21H28N2O/c1-6-7-18-8-14(2)9-19(12-18)15(3)10-17(5)23-21(24)20-11-16(4)22-13-20/h8-10,12,20,22H,4-7,11,13H2,1-3H3,(H,23,24)/b15-10+. The summed E-state index contributed by atoms with van der Waals surface area (Å²) >= 11 is 0. The zero-order chi connectivity index (χ0) is 17.7. The van der Waals surface area contributed by atoms with E-state index in [1.165, 1.54) is 16.7 Å². The van der Waals surface area contributed by atoms with E-state index in [2.05, 4.69) is 62.8 Å². The highest BCUT2D eigenvalue weighted by Crippen LogP contribution is 2.20. The number of carbonyl (C=O) groups is 1. The third kappa shape index (κ3) is 4.85. The Morgan fingerprint density at radius 2 is 2.17 bits per heavy atom. The van der Waals surface area contributed by atoms with Crippen molar-refractivity contribution in [1.29, 1.82) is 0 Å². The van der Waals surface area contributed by atoms with Gasteiger partial charge in [-0.2, -0.15) is 0 Å². The first-order chi connectivity index (χ1) is 11.4. The molecule has 0 bridgehead atoms. The smallest absolute Gasteiger partial charge is 0.229 e. The normalized spacial score (nSPS) is 17.5. The van der Waals surface area contributed by atoms with E-state index in [-0.39, 0.29) is 11.8 Å². The van der Waals surface area contributed by atoms with Crippen molar-refractivity contribution in [2.75, 3.05) is 6.54 Å². The van der Waals surface area contributed by atoms with Crippen molar-refractivity contribution in [3.63, 3.8) is 0 Å². The molecule has 1 heterocycles. The van der Waals surface area contributed by atoms with Gasteiger partial charge in [0.2, 0.25) is 5.91 Å². The molecule has 128 valence electrons. The minimum Gasteiger partial charge on any atom is -0.388 e. The second kappa shape index (κ2) is 8.00. The third-order valence-electron chi connectivity index (χ3n) is 4.27. The molecule has 0 aromatic heterocycles.